The fraction of sp³-hybridized carbons (Fsp3) is 0.375. The highest BCUT2D eigenvalue weighted by atomic mass is 32.1. The molecule has 22 heavy (non-hydrogen) atoms. The van der Waals surface area contributed by atoms with Crippen molar-refractivity contribution in [2.24, 2.45) is 0 Å². The molecular weight excluding hydrogens is 298 g/mol. The Morgan fingerprint density at radius 2 is 2.00 bits per heavy atom. The van der Waals surface area contributed by atoms with E-state index in [2.05, 4.69) is 16.9 Å². The van der Waals surface area contributed by atoms with Gasteiger partial charge in [0.05, 0.1) is 0 Å². The molecule has 1 aliphatic rings. The SMILES string of the molecule is CN1CCCN(C(=O)c2ccc(Oc3nccs3)cc2)CC1. The summed E-state index contributed by atoms with van der Waals surface area (Å²) in [7, 11) is 2.10. The minimum atomic E-state index is 0.0936. The highest BCUT2D eigenvalue weighted by Gasteiger charge is 2.18. The third-order valence-corrected chi connectivity index (χ3v) is 4.37. The summed E-state index contributed by atoms with van der Waals surface area (Å²) in [6, 6.07) is 7.27. The standard InChI is InChI=1S/C16H19N3O2S/c1-18-8-2-9-19(11-10-18)15(20)13-3-5-14(6-4-13)21-16-17-7-12-22-16/h3-7,12H,2,8-11H2,1H3. The van der Waals surface area contributed by atoms with E-state index in [-0.39, 0.29) is 5.91 Å². The van der Waals surface area contributed by atoms with Crippen LogP contribution in [-0.4, -0.2) is 53.9 Å². The molecule has 1 saturated heterocycles. The van der Waals surface area contributed by atoms with Crippen molar-refractivity contribution in [1.82, 2.24) is 14.8 Å². The lowest BCUT2D eigenvalue weighted by atomic mass is 10.2. The molecule has 1 amide bonds. The molecule has 0 atom stereocenters. The number of hydrogen-bond donors (Lipinski definition) is 0. The van der Waals surface area contributed by atoms with Crippen LogP contribution in [0.15, 0.2) is 35.8 Å². The van der Waals surface area contributed by atoms with Crippen molar-refractivity contribution >= 4 is 17.2 Å². The van der Waals surface area contributed by atoms with E-state index >= 15 is 0 Å². The number of amides is 1. The van der Waals surface area contributed by atoms with Crippen molar-refractivity contribution in [3.8, 4) is 10.9 Å². The van der Waals surface area contributed by atoms with Gasteiger partial charge in [0.2, 0.25) is 0 Å². The molecule has 3 rings (SSSR count). The molecule has 0 N–H and O–H groups in total. The van der Waals surface area contributed by atoms with Crippen LogP contribution in [0.3, 0.4) is 0 Å². The monoisotopic (exact) mass is 317 g/mol. The summed E-state index contributed by atoms with van der Waals surface area (Å²) >= 11 is 1.44. The van der Waals surface area contributed by atoms with Gasteiger partial charge < -0.3 is 14.5 Å². The van der Waals surface area contributed by atoms with Crippen LogP contribution in [0.25, 0.3) is 0 Å². The van der Waals surface area contributed by atoms with Crippen LogP contribution in [0.2, 0.25) is 0 Å². The molecule has 1 aromatic carbocycles. The summed E-state index contributed by atoms with van der Waals surface area (Å²) in [6.45, 7) is 3.58. The maximum absolute atomic E-state index is 12.5. The summed E-state index contributed by atoms with van der Waals surface area (Å²) in [5, 5.41) is 2.47. The average molecular weight is 317 g/mol. The van der Waals surface area contributed by atoms with E-state index in [9.17, 15) is 4.79 Å². The number of aromatic nitrogens is 1. The molecule has 0 radical (unpaired) electrons. The zero-order chi connectivity index (χ0) is 15.4. The van der Waals surface area contributed by atoms with E-state index in [0.717, 1.165) is 32.6 Å². The van der Waals surface area contributed by atoms with Crippen molar-refractivity contribution in [2.45, 2.75) is 6.42 Å². The number of likely N-dealkylation sites (N-methyl/N-ethyl adjacent to an activating group) is 1. The quantitative estimate of drug-likeness (QED) is 0.873. The largest absolute Gasteiger partial charge is 0.431 e. The van der Waals surface area contributed by atoms with E-state index in [1.165, 1.54) is 11.3 Å². The van der Waals surface area contributed by atoms with Gasteiger partial charge >= 0.3 is 0 Å². The first-order valence-corrected chi connectivity index (χ1v) is 8.25. The molecule has 6 heteroatoms. The fourth-order valence-corrected chi connectivity index (χ4v) is 2.96. The van der Waals surface area contributed by atoms with Crippen LogP contribution in [0.5, 0.6) is 10.9 Å². The van der Waals surface area contributed by atoms with Crippen molar-refractivity contribution < 1.29 is 9.53 Å². The van der Waals surface area contributed by atoms with Crippen LogP contribution in [0, 0.1) is 0 Å². The summed E-state index contributed by atoms with van der Waals surface area (Å²) in [4.78, 5) is 20.8. The predicted octanol–water partition coefficient (Wildman–Crippen LogP) is 2.71. The number of benzene rings is 1. The fourth-order valence-electron chi connectivity index (χ4n) is 2.46. The first-order chi connectivity index (χ1) is 10.7. The maximum atomic E-state index is 12.5. The molecule has 2 heterocycles. The van der Waals surface area contributed by atoms with E-state index in [1.807, 2.05) is 34.5 Å². The number of carbonyl (C=O) groups excluding carboxylic acids is 1. The second kappa shape index (κ2) is 6.89. The summed E-state index contributed by atoms with van der Waals surface area (Å²) in [5.74, 6) is 0.790. The smallest absolute Gasteiger partial charge is 0.278 e. The Hall–Kier alpha value is -1.92. The van der Waals surface area contributed by atoms with Gasteiger partial charge in [-0.05, 0) is 44.3 Å². The zero-order valence-corrected chi connectivity index (χ0v) is 13.4. The molecule has 0 unspecified atom stereocenters. The van der Waals surface area contributed by atoms with Crippen molar-refractivity contribution in [1.29, 1.82) is 0 Å². The van der Waals surface area contributed by atoms with Crippen LogP contribution in [-0.2, 0) is 0 Å². The Kier molecular flexibility index (Phi) is 4.70. The first kappa shape index (κ1) is 15.0. The molecule has 0 bridgehead atoms. The van der Waals surface area contributed by atoms with Crippen molar-refractivity contribution in [3.63, 3.8) is 0 Å². The van der Waals surface area contributed by atoms with E-state index in [4.69, 9.17) is 4.74 Å². The molecule has 0 spiro atoms. The van der Waals surface area contributed by atoms with Gasteiger partial charge in [-0.25, -0.2) is 4.98 Å². The van der Waals surface area contributed by atoms with Gasteiger partial charge in [0.1, 0.15) is 5.75 Å². The Morgan fingerprint density at radius 1 is 1.18 bits per heavy atom. The maximum Gasteiger partial charge on any atom is 0.278 e. The van der Waals surface area contributed by atoms with Crippen LogP contribution < -0.4 is 4.74 Å². The normalized spacial score (nSPS) is 16.3. The molecule has 2 aromatic rings. The van der Waals surface area contributed by atoms with E-state index in [0.29, 0.717) is 16.5 Å². The van der Waals surface area contributed by atoms with Gasteiger partial charge in [-0.1, -0.05) is 11.3 Å². The number of thiazole rings is 1. The molecule has 5 nitrogen and oxygen atoms in total. The van der Waals surface area contributed by atoms with E-state index < -0.39 is 0 Å². The molecule has 0 saturated carbocycles. The second-order valence-corrected chi connectivity index (χ2v) is 6.23. The van der Waals surface area contributed by atoms with Crippen LogP contribution >= 0.6 is 11.3 Å². The summed E-state index contributed by atoms with van der Waals surface area (Å²) in [6.07, 6.45) is 2.72. The van der Waals surface area contributed by atoms with Gasteiger partial charge in [-0.3, -0.25) is 4.79 Å². The summed E-state index contributed by atoms with van der Waals surface area (Å²) in [5.41, 5.74) is 0.705. The number of hydrogen-bond acceptors (Lipinski definition) is 5. The third kappa shape index (κ3) is 3.64. The highest BCUT2D eigenvalue weighted by molar-refractivity contribution is 7.11. The average Bonchev–Trinajstić information content (AvgIpc) is 2.94. The second-order valence-electron chi connectivity index (χ2n) is 5.37. The van der Waals surface area contributed by atoms with Gasteiger partial charge in [0.15, 0.2) is 0 Å². The number of carbonyl (C=O) groups is 1. The number of rotatable bonds is 3. The third-order valence-electron chi connectivity index (χ3n) is 3.72. The van der Waals surface area contributed by atoms with E-state index in [1.54, 1.807) is 6.20 Å². The Morgan fingerprint density at radius 3 is 2.73 bits per heavy atom. The van der Waals surface area contributed by atoms with Gasteiger partial charge in [-0.2, -0.15) is 0 Å². The lowest BCUT2D eigenvalue weighted by molar-refractivity contribution is 0.0763. The lowest BCUT2D eigenvalue weighted by Gasteiger charge is -2.20. The zero-order valence-electron chi connectivity index (χ0n) is 12.6. The number of nitrogens with zero attached hydrogens (tertiary/aromatic N) is 3. The minimum Gasteiger partial charge on any atom is -0.431 e. The molecular formula is C16H19N3O2S. The summed E-state index contributed by atoms with van der Waals surface area (Å²) < 4.78 is 5.61. The minimum absolute atomic E-state index is 0.0936. The van der Waals surface area contributed by atoms with Gasteiger partial charge in [0, 0.05) is 36.8 Å². The van der Waals surface area contributed by atoms with Gasteiger partial charge in [0.25, 0.3) is 11.1 Å². The Balaban J connectivity index is 1.65. The van der Waals surface area contributed by atoms with Gasteiger partial charge in [-0.15, -0.1) is 0 Å². The Labute approximate surface area is 134 Å². The van der Waals surface area contributed by atoms with Crippen molar-refractivity contribution in [2.75, 3.05) is 33.2 Å². The molecule has 116 valence electrons. The van der Waals surface area contributed by atoms with Crippen LogP contribution in [0.1, 0.15) is 16.8 Å². The Bertz CT molecular complexity index is 613. The predicted molar refractivity (Wildman–Crippen MR) is 86.6 cm³/mol. The topological polar surface area (TPSA) is 45.7 Å². The molecule has 0 aliphatic carbocycles. The van der Waals surface area contributed by atoms with Crippen LogP contribution in [0.4, 0.5) is 0 Å². The molecule has 1 aromatic heterocycles. The molecule has 1 fully saturated rings. The number of ether oxygens (including phenoxy) is 1. The van der Waals surface area contributed by atoms with Crippen molar-refractivity contribution in [3.05, 3.63) is 41.4 Å². The first-order valence-electron chi connectivity index (χ1n) is 7.37. The molecule has 1 aliphatic heterocycles. The highest BCUT2D eigenvalue weighted by Crippen LogP contribution is 2.23. The lowest BCUT2D eigenvalue weighted by Crippen LogP contribution is -2.34.